The number of ketones is 1. The Kier molecular flexibility index (Phi) is 5.11. The van der Waals surface area contributed by atoms with Crippen molar-refractivity contribution in [2.45, 2.75) is 13.2 Å². The van der Waals surface area contributed by atoms with E-state index >= 15 is 0 Å². The van der Waals surface area contributed by atoms with E-state index in [1.165, 1.54) is 0 Å². The van der Waals surface area contributed by atoms with Crippen LogP contribution in [0.2, 0.25) is 0 Å². The molecule has 0 saturated carbocycles. The molecule has 0 heterocycles. The van der Waals surface area contributed by atoms with Crippen molar-refractivity contribution in [3.8, 4) is 0 Å². The highest BCUT2D eigenvalue weighted by molar-refractivity contribution is 9.10. The van der Waals surface area contributed by atoms with Gasteiger partial charge >= 0.3 is 6.09 Å². The lowest BCUT2D eigenvalue weighted by atomic mass is 10.1. The van der Waals surface area contributed by atoms with E-state index < -0.39 is 18.1 Å². The van der Waals surface area contributed by atoms with E-state index in [2.05, 4.69) is 20.7 Å². The van der Waals surface area contributed by atoms with Crippen LogP contribution in [-0.2, 0) is 4.74 Å². The standard InChI is InChI=1S/C11H12BrNO4/c1-2-17-11(16)13-10(15)9(14)7-3-5-8(12)6-4-7/h3-6,10,15H,2H2,1H3,(H,13,16). The molecule has 6 heteroatoms. The maximum Gasteiger partial charge on any atom is 0.409 e. The third-order valence-electron chi connectivity index (χ3n) is 1.91. The summed E-state index contributed by atoms with van der Waals surface area (Å²) in [6, 6.07) is 6.43. The highest BCUT2D eigenvalue weighted by Gasteiger charge is 2.19. The molecule has 0 aliphatic carbocycles. The van der Waals surface area contributed by atoms with E-state index in [1.807, 2.05) is 5.32 Å². The smallest absolute Gasteiger partial charge is 0.409 e. The molecule has 0 aliphatic rings. The zero-order valence-electron chi connectivity index (χ0n) is 9.14. The van der Waals surface area contributed by atoms with Crippen LogP contribution < -0.4 is 5.32 Å². The predicted molar refractivity (Wildman–Crippen MR) is 64.6 cm³/mol. The summed E-state index contributed by atoms with van der Waals surface area (Å²) in [4.78, 5) is 22.7. The zero-order valence-corrected chi connectivity index (χ0v) is 10.7. The van der Waals surface area contributed by atoms with Gasteiger partial charge in [-0.25, -0.2) is 4.79 Å². The average molecular weight is 302 g/mol. The van der Waals surface area contributed by atoms with Crippen molar-refractivity contribution >= 4 is 27.8 Å². The third-order valence-corrected chi connectivity index (χ3v) is 2.44. The summed E-state index contributed by atoms with van der Waals surface area (Å²) >= 11 is 3.23. The first-order chi connectivity index (χ1) is 8.04. The van der Waals surface area contributed by atoms with Crippen molar-refractivity contribution in [2.75, 3.05) is 6.61 Å². The second-order valence-electron chi connectivity index (χ2n) is 3.14. The number of hydrogen-bond donors (Lipinski definition) is 2. The van der Waals surface area contributed by atoms with Gasteiger partial charge in [0.1, 0.15) is 0 Å². The monoisotopic (exact) mass is 301 g/mol. The van der Waals surface area contributed by atoms with Crippen LogP contribution in [0, 0.1) is 0 Å². The number of carbonyl (C=O) groups excluding carboxylic acids is 2. The lowest BCUT2D eigenvalue weighted by Gasteiger charge is -2.11. The Labute approximate surface area is 107 Å². The summed E-state index contributed by atoms with van der Waals surface area (Å²) in [6.45, 7) is 1.80. The number of amides is 1. The van der Waals surface area contributed by atoms with Crippen molar-refractivity contribution in [1.82, 2.24) is 5.32 Å². The minimum Gasteiger partial charge on any atom is -0.450 e. The number of ether oxygens (including phenoxy) is 1. The molecule has 2 N–H and O–H groups in total. The number of hydrogen-bond acceptors (Lipinski definition) is 4. The molecule has 0 aliphatic heterocycles. The fourth-order valence-electron chi connectivity index (χ4n) is 1.12. The van der Waals surface area contributed by atoms with E-state index in [0.29, 0.717) is 5.56 Å². The Hall–Kier alpha value is -1.40. The molecular formula is C11H12BrNO4. The first kappa shape index (κ1) is 13.7. The Balaban J connectivity index is 2.63. The van der Waals surface area contributed by atoms with E-state index in [1.54, 1.807) is 31.2 Å². The number of aliphatic hydroxyl groups excluding tert-OH is 1. The van der Waals surface area contributed by atoms with Gasteiger partial charge in [0, 0.05) is 10.0 Å². The summed E-state index contributed by atoms with van der Waals surface area (Å²) in [6.07, 6.45) is -2.43. The van der Waals surface area contributed by atoms with Gasteiger partial charge in [-0.2, -0.15) is 0 Å². The van der Waals surface area contributed by atoms with Gasteiger partial charge in [-0.1, -0.05) is 28.1 Å². The van der Waals surface area contributed by atoms with Crippen LogP contribution in [-0.4, -0.2) is 29.8 Å². The van der Waals surface area contributed by atoms with Gasteiger partial charge in [-0.15, -0.1) is 0 Å². The average Bonchev–Trinajstić information content (AvgIpc) is 2.29. The van der Waals surface area contributed by atoms with Gasteiger partial charge in [0.2, 0.25) is 5.78 Å². The third kappa shape index (κ3) is 4.16. The van der Waals surface area contributed by atoms with Gasteiger partial charge < -0.3 is 9.84 Å². The number of carbonyl (C=O) groups is 2. The van der Waals surface area contributed by atoms with Gasteiger partial charge in [0.15, 0.2) is 6.23 Å². The van der Waals surface area contributed by atoms with Crippen LogP contribution in [0.4, 0.5) is 4.79 Å². The number of halogens is 1. The maximum atomic E-state index is 11.7. The molecule has 0 radical (unpaired) electrons. The SMILES string of the molecule is CCOC(=O)NC(O)C(=O)c1ccc(Br)cc1. The van der Waals surface area contributed by atoms with Crippen LogP contribution in [0.15, 0.2) is 28.7 Å². The molecule has 0 fully saturated rings. The van der Waals surface area contributed by atoms with Crippen molar-refractivity contribution in [2.24, 2.45) is 0 Å². The molecule has 92 valence electrons. The predicted octanol–water partition coefficient (Wildman–Crippen LogP) is 1.70. The van der Waals surface area contributed by atoms with Gasteiger partial charge in [0.25, 0.3) is 0 Å². The largest absolute Gasteiger partial charge is 0.450 e. The van der Waals surface area contributed by atoms with Gasteiger partial charge in [-0.05, 0) is 19.1 Å². The fraction of sp³-hybridized carbons (Fsp3) is 0.273. The van der Waals surface area contributed by atoms with E-state index in [-0.39, 0.29) is 6.61 Å². The molecule has 1 rings (SSSR count). The van der Waals surface area contributed by atoms with Crippen LogP contribution in [0.5, 0.6) is 0 Å². The highest BCUT2D eigenvalue weighted by Crippen LogP contribution is 2.11. The van der Waals surface area contributed by atoms with Gasteiger partial charge in [0.05, 0.1) is 6.61 Å². The number of aliphatic hydroxyl groups is 1. The van der Waals surface area contributed by atoms with Crippen molar-refractivity contribution < 1.29 is 19.4 Å². The number of alkyl carbamates (subject to hydrolysis) is 1. The van der Waals surface area contributed by atoms with Gasteiger partial charge in [-0.3, -0.25) is 10.1 Å². The molecule has 0 spiro atoms. The molecular weight excluding hydrogens is 290 g/mol. The van der Waals surface area contributed by atoms with Crippen molar-refractivity contribution in [3.05, 3.63) is 34.3 Å². The maximum absolute atomic E-state index is 11.7. The molecule has 0 aromatic heterocycles. The first-order valence-electron chi connectivity index (χ1n) is 4.95. The normalized spacial score (nSPS) is 11.7. The molecule has 1 unspecified atom stereocenters. The van der Waals surface area contributed by atoms with Crippen LogP contribution >= 0.6 is 15.9 Å². The molecule has 5 nitrogen and oxygen atoms in total. The molecule has 1 atom stereocenters. The molecule has 1 aromatic carbocycles. The van der Waals surface area contributed by atoms with Crippen LogP contribution in [0.3, 0.4) is 0 Å². The Morgan fingerprint density at radius 3 is 2.53 bits per heavy atom. The molecule has 1 amide bonds. The van der Waals surface area contributed by atoms with Crippen molar-refractivity contribution in [3.63, 3.8) is 0 Å². The number of nitrogens with one attached hydrogen (secondary N) is 1. The lowest BCUT2D eigenvalue weighted by molar-refractivity contribution is 0.0635. The van der Waals surface area contributed by atoms with E-state index in [4.69, 9.17) is 0 Å². The molecule has 0 bridgehead atoms. The topological polar surface area (TPSA) is 75.6 Å². The lowest BCUT2D eigenvalue weighted by Crippen LogP contribution is -2.40. The number of Topliss-reactive ketones (excluding diaryl/α,β-unsaturated/α-hetero) is 1. The summed E-state index contributed by atoms with van der Waals surface area (Å²) in [5.74, 6) is -0.592. The van der Waals surface area contributed by atoms with E-state index in [9.17, 15) is 14.7 Å². The minimum atomic E-state index is -1.60. The molecule has 1 aromatic rings. The van der Waals surface area contributed by atoms with E-state index in [0.717, 1.165) is 4.47 Å². The Morgan fingerprint density at radius 2 is 2.00 bits per heavy atom. The summed E-state index contributed by atoms with van der Waals surface area (Å²) in [5.41, 5.74) is 0.303. The number of benzene rings is 1. The Bertz CT molecular complexity index is 404. The fourth-order valence-corrected chi connectivity index (χ4v) is 1.39. The highest BCUT2D eigenvalue weighted by atomic mass is 79.9. The second kappa shape index (κ2) is 6.36. The van der Waals surface area contributed by atoms with Crippen LogP contribution in [0.25, 0.3) is 0 Å². The summed E-state index contributed by atoms with van der Waals surface area (Å²) < 4.78 is 5.37. The second-order valence-corrected chi connectivity index (χ2v) is 4.05. The zero-order chi connectivity index (χ0) is 12.8. The van der Waals surface area contributed by atoms with Crippen molar-refractivity contribution in [1.29, 1.82) is 0 Å². The molecule has 0 saturated heterocycles. The van der Waals surface area contributed by atoms with Crippen LogP contribution in [0.1, 0.15) is 17.3 Å². The first-order valence-corrected chi connectivity index (χ1v) is 5.75. The minimum absolute atomic E-state index is 0.172. The quantitative estimate of drug-likeness (QED) is 0.655. The summed E-state index contributed by atoms with van der Waals surface area (Å²) in [7, 11) is 0. The molecule has 17 heavy (non-hydrogen) atoms. The number of rotatable bonds is 4. The Morgan fingerprint density at radius 1 is 1.41 bits per heavy atom. The summed E-state index contributed by atoms with van der Waals surface area (Å²) in [5, 5.41) is 11.5.